The molecule has 5 N–H and O–H groups in total. The first-order valence-corrected chi connectivity index (χ1v) is 10.4. The Morgan fingerprint density at radius 3 is 2.38 bits per heavy atom. The number of nitrogens with zero attached hydrogens (tertiary/aromatic N) is 3. The van der Waals surface area contributed by atoms with Crippen molar-refractivity contribution in [1.29, 1.82) is 0 Å². The Morgan fingerprint density at radius 1 is 1.17 bits per heavy atom. The Bertz CT molecular complexity index is 815. The molecule has 0 radical (unpaired) electrons. The fraction of sp³-hybridized carbons (Fsp3) is 0.700. The van der Waals surface area contributed by atoms with Crippen molar-refractivity contribution in [2.24, 2.45) is 29.4 Å². The lowest BCUT2D eigenvalue weighted by Crippen LogP contribution is -2.61. The molecule has 2 heterocycles. The Kier molecular flexibility index (Phi) is 4.20. The predicted molar refractivity (Wildman–Crippen MR) is 103 cm³/mol. The van der Waals surface area contributed by atoms with Gasteiger partial charge in [0, 0.05) is 18.9 Å². The molecule has 4 aliphatic carbocycles. The fourth-order valence-corrected chi connectivity index (χ4v) is 6.95. The van der Waals surface area contributed by atoms with Gasteiger partial charge in [-0.2, -0.15) is 0 Å². The van der Waals surface area contributed by atoms with Gasteiger partial charge in [-0.3, -0.25) is 4.79 Å². The topological polar surface area (TPSA) is 142 Å². The summed E-state index contributed by atoms with van der Waals surface area (Å²) in [5.41, 5.74) is 4.94. The number of primary amides is 1. The number of carbonyl (C=O) groups is 2. The van der Waals surface area contributed by atoms with Crippen LogP contribution in [0.15, 0.2) is 12.4 Å². The van der Waals surface area contributed by atoms with Gasteiger partial charge in [0.25, 0.3) is 5.91 Å². The molecule has 1 aliphatic heterocycles. The van der Waals surface area contributed by atoms with Gasteiger partial charge in [0.15, 0.2) is 0 Å². The number of anilines is 1. The van der Waals surface area contributed by atoms with Crippen LogP contribution in [0.1, 0.15) is 48.9 Å². The molecular formula is C20H27N5O4. The maximum atomic E-state index is 12.0. The summed E-state index contributed by atoms with van der Waals surface area (Å²) in [6.07, 6.45) is 7.20. The fourth-order valence-electron chi connectivity index (χ4n) is 6.95. The predicted octanol–water partition coefficient (Wildman–Crippen LogP) is 1.30. The van der Waals surface area contributed by atoms with Crippen LogP contribution in [-0.4, -0.2) is 61.3 Å². The van der Waals surface area contributed by atoms with E-state index in [0.29, 0.717) is 36.7 Å². The average Bonchev–Trinajstić information content (AvgIpc) is 3.04. The van der Waals surface area contributed by atoms with Crippen LogP contribution in [0.4, 0.5) is 10.7 Å². The van der Waals surface area contributed by atoms with Gasteiger partial charge >= 0.3 is 6.09 Å². The summed E-state index contributed by atoms with van der Waals surface area (Å²) >= 11 is 0. The number of likely N-dealkylation sites (tertiary alicyclic amines) is 1. The number of carbonyl (C=O) groups excluding carboxylic acids is 1. The van der Waals surface area contributed by atoms with Crippen LogP contribution < -0.4 is 11.1 Å². The Labute approximate surface area is 168 Å². The highest BCUT2D eigenvalue weighted by Crippen LogP contribution is 2.60. The molecule has 0 aromatic carbocycles. The second-order valence-corrected chi connectivity index (χ2v) is 9.44. The van der Waals surface area contributed by atoms with Crippen molar-refractivity contribution >= 4 is 17.9 Å². The number of hydrogen-bond acceptors (Lipinski definition) is 6. The monoisotopic (exact) mass is 401 g/mol. The summed E-state index contributed by atoms with van der Waals surface area (Å²) < 4.78 is 0. The maximum absolute atomic E-state index is 12.0. The molecule has 9 nitrogen and oxygen atoms in total. The van der Waals surface area contributed by atoms with E-state index in [4.69, 9.17) is 5.73 Å². The van der Waals surface area contributed by atoms with E-state index in [1.165, 1.54) is 12.4 Å². The van der Waals surface area contributed by atoms with Crippen molar-refractivity contribution in [3.05, 3.63) is 18.0 Å². The largest absolute Gasteiger partial charge is 0.465 e. The number of carboxylic acid groups (broad SMARTS) is 1. The molecule has 4 bridgehead atoms. The lowest BCUT2D eigenvalue weighted by Gasteiger charge is -2.60. The van der Waals surface area contributed by atoms with E-state index in [0.717, 1.165) is 32.1 Å². The Balaban J connectivity index is 1.40. The molecule has 0 spiro atoms. The van der Waals surface area contributed by atoms with Crippen molar-refractivity contribution in [3.63, 3.8) is 0 Å². The maximum Gasteiger partial charge on any atom is 0.407 e. The van der Waals surface area contributed by atoms with E-state index >= 15 is 0 Å². The van der Waals surface area contributed by atoms with Gasteiger partial charge < -0.3 is 26.2 Å². The van der Waals surface area contributed by atoms with Gasteiger partial charge in [0.1, 0.15) is 0 Å². The van der Waals surface area contributed by atoms with E-state index < -0.39 is 17.6 Å². The highest BCUT2D eigenvalue weighted by Gasteiger charge is 2.59. The number of rotatable bonds is 4. The highest BCUT2D eigenvalue weighted by molar-refractivity contribution is 5.92. The summed E-state index contributed by atoms with van der Waals surface area (Å²) in [7, 11) is 0. The molecule has 9 heteroatoms. The van der Waals surface area contributed by atoms with Crippen molar-refractivity contribution in [2.45, 2.75) is 56.2 Å². The van der Waals surface area contributed by atoms with Crippen molar-refractivity contribution in [3.8, 4) is 0 Å². The van der Waals surface area contributed by atoms with E-state index in [1.54, 1.807) is 4.90 Å². The van der Waals surface area contributed by atoms with Crippen LogP contribution in [0, 0.1) is 23.7 Å². The lowest BCUT2D eigenvalue weighted by atomic mass is 9.48. The van der Waals surface area contributed by atoms with Gasteiger partial charge in [0.2, 0.25) is 5.95 Å². The molecule has 5 aliphatic rings. The highest BCUT2D eigenvalue weighted by atomic mass is 16.4. The lowest BCUT2D eigenvalue weighted by molar-refractivity contribution is -0.162. The standard InChI is InChI=1S/C20H27N5O4/c21-17(26)13-8-22-18(23-9-13)24-14-1-2-25(19(27)28)16(14)15-11-3-10-4-12(15)7-20(29,5-10)6-11/h8-12,14-16,29H,1-7H2,(H2,21,26)(H,27,28)(H,22,23,24)/t10?,11-,12+,14?,15?,16?,20?. The van der Waals surface area contributed by atoms with Crippen LogP contribution >= 0.6 is 0 Å². The third-order valence-electron chi connectivity index (χ3n) is 7.66. The molecule has 7 atom stereocenters. The van der Waals surface area contributed by atoms with Gasteiger partial charge in [-0.25, -0.2) is 14.8 Å². The van der Waals surface area contributed by atoms with Crippen LogP contribution in [-0.2, 0) is 0 Å². The van der Waals surface area contributed by atoms with E-state index in [1.807, 2.05) is 0 Å². The molecule has 6 rings (SSSR count). The van der Waals surface area contributed by atoms with E-state index in [-0.39, 0.29) is 23.6 Å². The minimum atomic E-state index is -0.892. The van der Waals surface area contributed by atoms with Gasteiger partial charge in [-0.1, -0.05) is 0 Å². The minimum absolute atomic E-state index is 0.0947. The van der Waals surface area contributed by atoms with E-state index in [2.05, 4.69) is 15.3 Å². The first-order chi connectivity index (χ1) is 13.8. The van der Waals surface area contributed by atoms with Crippen LogP contribution in [0.5, 0.6) is 0 Å². The smallest absolute Gasteiger partial charge is 0.407 e. The first kappa shape index (κ1) is 18.6. The van der Waals surface area contributed by atoms with Gasteiger partial charge in [-0.05, 0) is 62.2 Å². The minimum Gasteiger partial charge on any atom is -0.465 e. The van der Waals surface area contributed by atoms with Crippen molar-refractivity contribution in [1.82, 2.24) is 14.9 Å². The van der Waals surface area contributed by atoms with Crippen LogP contribution in [0.2, 0.25) is 0 Å². The third-order valence-corrected chi connectivity index (χ3v) is 7.66. The molecule has 5 unspecified atom stereocenters. The molecule has 1 aromatic heterocycles. The zero-order valence-electron chi connectivity index (χ0n) is 16.2. The summed E-state index contributed by atoms with van der Waals surface area (Å²) in [6.45, 7) is 0.473. The number of amides is 2. The molecule has 4 saturated carbocycles. The molecule has 2 amide bonds. The molecule has 1 aromatic rings. The number of aromatic nitrogens is 2. The second kappa shape index (κ2) is 6.55. The van der Waals surface area contributed by atoms with Gasteiger partial charge in [-0.15, -0.1) is 0 Å². The molecule has 1 saturated heterocycles. The zero-order chi connectivity index (χ0) is 20.3. The first-order valence-electron chi connectivity index (χ1n) is 10.4. The number of aliphatic hydroxyl groups is 1. The van der Waals surface area contributed by atoms with Gasteiger partial charge in [0.05, 0.1) is 23.2 Å². The summed E-state index contributed by atoms with van der Waals surface area (Å²) in [5.74, 6) is 1.33. The average molecular weight is 401 g/mol. The van der Waals surface area contributed by atoms with Crippen LogP contribution in [0.25, 0.3) is 0 Å². The normalized spacial score (nSPS) is 40.2. The number of nitrogens with two attached hydrogens (primary N) is 1. The van der Waals surface area contributed by atoms with Crippen molar-refractivity contribution < 1.29 is 19.8 Å². The zero-order valence-corrected chi connectivity index (χ0v) is 16.2. The molecule has 156 valence electrons. The number of hydrogen-bond donors (Lipinski definition) is 4. The molecular weight excluding hydrogens is 374 g/mol. The summed E-state index contributed by atoms with van der Waals surface area (Å²) in [4.78, 5) is 33.2. The SMILES string of the molecule is NC(=O)c1cnc(NC2CCN(C(=O)O)C2C2[C@@H]3CC4C[C@H]2CC(O)(C4)C3)nc1. The second-order valence-electron chi connectivity index (χ2n) is 9.44. The summed E-state index contributed by atoms with van der Waals surface area (Å²) in [6, 6.07) is -0.256. The van der Waals surface area contributed by atoms with Crippen LogP contribution in [0.3, 0.4) is 0 Å². The molecule has 5 fully saturated rings. The van der Waals surface area contributed by atoms with Crippen molar-refractivity contribution in [2.75, 3.05) is 11.9 Å². The molecule has 29 heavy (non-hydrogen) atoms. The number of nitrogens with one attached hydrogen (secondary N) is 1. The van der Waals surface area contributed by atoms with E-state index in [9.17, 15) is 19.8 Å². The Hall–Kier alpha value is -2.42. The summed E-state index contributed by atoms with van der Waals surface area (Å²) in [5, 5.41) is 24.1. The third kappa shape index (κ3) is 3.11. The quantitative estimate of drug-likeness (QED) is 0.595. The Morgan fingerprint density at radius 2 is 1.83 bits per heavy atom.